The summed E-state index contributed by atoms with van der Waals surface area (Å²) in [5.41, 5.74) is 0.555. The average Bonchev–Trinajstić information content (AvgIpc) is 2.14. The van der Waals surface area contributed by atoms with Crippen molar-refractivity contribution in [1.29, 1.82) is 0 Å². The molecule has 0 fully saturated rings. The fourth-order valence-corrected chi connectivity index (χ4v) is 1.24. The summed E-state index contributed by atoms with van der Waals surface area (Å²) in [7, 11) is 0. The van der Waals surface area contributed by atoms with Crippen molar-refractivity contribution in [3.63, 3.8) is 0 Å². The predicted molar refractivity (Wildman–Crippen MR) is 46.2 cm³/mol. The molecule has 0 radical (unpaired) electrons. The molecule has 4 heteroatoms. The number of Topliss-reactive ketones (excluding diaryl/α,β-unsaturated/α-hetero) is 1. The Labute approximate surface area is 72.9 Å². The Morgan fingerprint density at radius 1 is 1.80 bits per heavy atom. The smallest absolute Gasteiger partial charge is 0.185 e. The largest absolute Gasteiger partial charge is 0.381 e. The third-order valence-corrected chi connectivity index (χ3v) is 2.74. The van der Waals surface area contributed by atoms with E-state index in [1.165, 1.54) is 6.92 Å². The minimum Gasteiger partial charge on any atom is -0.381 e. The van der Waals surface area contributed by atoms with Gasteiger partial charge in [-0.1, -0.05) is 12.1 Å². The van der Waals surface area contributed by atoms with Gasteiger partial charge < -0.3 is 4.84 Å². The van der Waals surface area contributed by atoms with Crippen molar-refractivity contribution < 1.29 is 9.63 Å². The Bertz CT molecular complexity index is 190. The van der Waals surface area contributed by atoms with Crippen LogP contribution in [0.15, 0.2) is 5.16 Å². The lowest BCUT2D eigenvalue weighted by molar-refractivity contribution is -0.111. The molecule has 10 heavy (non-hydrogen) atoms. The van der Waals surface area contributed by atoms with Crippen LogP contribution in [0, 0.1) is 5.92 Å². The molecule has 1 heterocycles. The molecule has 0 bridgehead atoms. The summed E-state index contributed by atoms with van der Waals surface area (Å²) in [4.78, 5) is 15.7. The molecule has 0 N–H and O–H groups in total. The molecule has 1 rings (SSSR count). The summed E-state index contributed by atoms with van der Waals surface area (Å²) >= 11 is 2.12. The van der Waals surface area contributed by atoms with Crippen molar-refractivity contribution in [2.75, 3.05) is 0 Å². The van der Waals surface area contributed by atoms with E-state index in [0.29, 0.717) is 5.71 Å². The second kappa shape index (κ2) is 2.86. The zero-order valence-corrected chi connectivity index (χ0v) is 7.95. The van der Waals surface area contributed by atoms with Crippen LogP contribution in [0.5, 0.6) is 0 Å². The normalized spacial score (nSPS) is 31.3. The highest BCUT2D eigenvalue weighted by atomic mass is 127. The zero-order chi connectivity index (χ0) is 7.72. The van der Waals surface area contributed by atoms with Gasteiger partial charge in [-0.15, -0.1) is 0 Å². The minimum atomic E-state index is 0.00617. The lowest BCUT2D eigenvalue weighted by Crippen LogP contribution is -2.20. The Morgan fingerprint density at radius 2 is 2.40 bits per heavy atom. The number of halogens is 1. The van der Waals surface area contributed by atoms with E-state index in [9.17, 15) is 4.79 Å². The van der Waals surface area contributed by atoms with Crippen molar-refractivity contribution in [2.24, 2.45) is 11.1 Å². The molecule has 3 nitrogen and oxygen atoms in total. The van der Waals surface area contributed by atoms with E-state index in [0.717, 1.165) is 0 Å². The number of carbonyl (C=O) groups is 1. The van der Waals surface area contributed by atoms with Gasteiger partial charge in [0.1, 0.15) is 5.71 Å². The van der Waals surface area contributed by atoms with Gasteiger partial charge in [-0.25, -0.2) is 0 Å². The Morgan fingerprint density at radius 3 is 2.60 bits per heavy atom. The topological polar surface area (TPSA) is 38.7 Å². The number of nitrogens with zero attached hydrogens (tertiary/aromatic N) is 1. The minimum absolute atomic E-state index is 0.00617. The van der Waals surface area contributed by atoms with Gasteiger partial charge in [0, 0.05) is 6.92 Å². The van der Waals surface area contributed by atoms with Gasteiger partial charge in [0.05, 0.1) is 5.92 Å². The van der Waals surface area contributed by atoms with E-state index in [1.807, 2.05) is 6.92 Å². The van der Waals surface area contributed by atoms with Crippen molar-refractivity contribution in [3.05, 3.63) is 0 Å². The average molecular weight is 253 g/mol. The molecule has 1 unspecified atom stereocenters. The zero-order valence-electron chi connectivity index (χ0n) is 5.80. The number of carbonyl (C=O) groups excluding carboxylic acids is 1. The van der Waals surface area contributed by atoms with Crippen LogP contribution in [0.25, 0.3) is 0 Å². The SMILES string of the molecule is CC(=O)C1=NOC(I)[C@@H]1C. The molecule has 1 aliphatic rings. The van der Waals surface area contributed by atoms with Gasteiger partial charge in [-0.2, -0.15) is 0 Å². The Kier molecular flexibility index (Phi) is 2.28. The molecule has 0 saturated carbocycles. The van der Waals surface area contributed by atoms with E-state index in [4.69, 9.17) is 4.84 Å². The molecule has 0 aromatic rings. The third-order valence-electron chi connectivity index (χ3n) is 1.44. The van der Waals surface area contributed by atoms with E-state index in [1.54, 1.807) is 0 Å². The van der Waals surface area contributed by atoms with Crippen molar-refractivity contribution >= 4 is 34.1 Å². The summed E-state index contributed by atoms with van der Waals surface area (Å²) in [6.45, 7) is 3.44. The van der Waals surface area contributed by atoms with Crippen LogP contribution >= 0.6 is 22.6 Å². The molecule has 56 valence electrons. The van der Waals surface area contributed by atoms with Crippen LogP contribution in [0.1, 0.15) is 13.8 Å². The fourth-order valence-electron chi connectivity index (χ4n) is 0.791. The number of hydrogen-bond donors (Lipinski definition) is 0. The van der Waals surface area contributed by atoms with Crippen LogP contribution in [0.4, 0.5) is 0 Å². The van der Waals surface area contributed by atoms with Crippen molar-refractivity contribution in [2.45, 2.75) is 18.0 Å². The first kappa shape index (κ1) is 7.97. The van der Waals surface area contributed by atoms with Crippen LogP contribution in [0.3, 0.4) is 0 Å². The maximum absolute atomic E-state index is 10.8. The maximum Gasteiger partial charge on any atom is 0.185 e. The Hall–Kier alpha value is -0.130. The molecular formula is C6H8INO2. The van der Waals surface area contributed by atoms with Gasteiger partial charge in [0.15, 0.2) is 9.89 Å². The number of hydrogen-bond acceptors (Lipinski definition) is 3. The van der Waals surface area contributed by atoms with Crippen LogP contribution in [0.2, 0.25) is 0 Å². The monoisotopic (exact) mass is 253 g/mol. The number of oxime groups is 1. The van der Waals surface area contributed by atoms with Crippen LogP contribution in [-0.2, 0) is 9.63 Å². The summed E-state index contributed by atoms with van der Waals surface area (Å²) in [6, 6.07) is 0. The van der Waals surface area contributed by atoms with Gasteiger partial charge in [-0.3, -0.25) is 4.79 Å². The van der Waals surface area contributed by atoms with E-state index in [2.05, 4.69) is 27.7 Å². The second-order valence-corrected chi connectivity index (χ2v) is 3.51. The van der Waals surface area contributed by atoms with E-state index in [-0.39, 0.29) is 15.8 Å². The van der Waals surface area contributed by atoms with Crippen LogP contribution < -0.4 is 0 Å². The van der Waals surface area contributed by atoms with E-state index < -0.39 is 0 Å². The fraction of sp³-hybridized carbons (Fsp3) is 0.667. The van der Waals surface area contributed by atoms with Gasteiger partial charge in [0.2, 0.25) is 0 Å². The summed E-state index contributed by atoms with van der Waals surface area (Å²) in [5.74, 6) is 0.143. The van der Waals surface area contributed by atoms with Gasteiger partial charge in [0.25, 0.3) is 0 Å². The lowest BCUT2D eigenvalue weighted by atomic mass is 10.1. The molecule has 0 aliphatic carbocycles. The third kappa shape index (κ3) is 1.31. The van der Waals surface area contributed by atoms with E-state index >= 15 is 0 Å². The highest BCUT2D eigenvalue weighted by Gasteiger charge is 2.30. The van der Waals surface area contributed by atoms with Crippen molar-refractivity contribution in [1.82, 2.24) is 0 Å². The second-order valence-electron chi connectivity index (χ2n) is 2.28. The number of alkyl halides is 1. The summed E-state index contributed by atoms with van der Waals surface area (Å²) in [5, 5.41) is 3.66. The van der Waals surface area contributed by atoms with Crippen LogP contribution in [-0.4, -0.2) is 15.6 Å². The van der Waals surface area contributed by atoms with Gasteiger partial charge in [-0.05, 0) is 22.6 Å². The molecule has 2 atom stereocenters. The number of ketones is 1. The standard InChI is InChI=1S/C6H8INO2/c1-3-5(4(2)9)8-10-6(3)7/h3,6H,1-2H3/t3-,6?/m1/s1. The van der Waals surface area contributed by atoms with Gasteiger partial charge >= 0.3 is 0 Å². The maximum atomic E-state index is 10.8. The predicted octanol–water partition coefficient (Wildman–Crippen LogP) is 1.36. The highest BCUT2D eigenvalue weighted by Crippen LogP contribution is 2.23. The molecular weight excluding hydrogens is 245 g/mol. The molecule has 0 aromatic heterocycles. The summed E-state index contributed by atoms with van der Waals surface area (Å²) < 4.78 is 0.0245. The molecule has 0 amide bonds. The molecule has 0 aromatic carbocycles. The lowest BCUT2D eigenvalue weighted by Gasteiger charge is -2.03. The number of rotatable bonds is 1. The first-order chi connectivity index (χ1) is 4.63. The highest BCUT2D eigenvalue weighted by molar-refractivity contribution is 14.1. The Balaban J connectivity index is 2.72. The molecule has 0 spiro atoms. The molecule has 0 saturated heterocycles. The quantitative estimate of drug-likeness (QED) is 0.522. The first-order valence-electron chi connectivity index (χ1n) is 3.01. The summed E-state index contributed by atoms with van der Waals surface area (Å²) in [6.07, 6.45) is 0. The first-order valence-corrected chi connectivity index (χ1v) is 4.26. The molecule has 1 aliphatic heterocycles. The van der Waals surface area contributed by atoms with Crippen molar-refractivity contribution in [3.8, 4) is 0 Å².